The molecule has 1 aliphatic heterocycles. The average Bonchev–Trinajstić information content (AvgIpc) is 2.80. The summed E-state index contributed by atoms with van der Waals surface area (Å²) in [7, 11) is 0. The van der Waals surface area contributed by atoms with Crippen molar-refractivity contribution in [2.45, 2.75) is 38.8 Å². The third-order valence-electron chi connectivity index (χ3n) is 5.68. The smallest absolute Gasteiger partial charge is 0.255 e. The van der Waals surface area contributed by atoms with Crippen molar-refractivity contribution < 1.29 is 9.59 Å². The fourth-order valence-corrected chi connectivity index (χ4v) is 4.14. The summed E-state index contributed by atoms with van der Waals surface area (Å²) in [6, 6.07) is 25.2. The number of anilines is 3. The molecule has 5 heteroatoms. The molecule has 0 fully saturated rings. The van der Waals surface area contributed by atoms with Gasteiger partial charge in [0.1, 0.15) is 0 Å². The van der Waals surface area contributed by atoms with Crippen molar-refractivity contribution in [2.24, 2.45) is 0 Å². The SMILES string of the molecule is CCC(=O)N1c2ccccc2[C@H](Nc2ccc(NC(=O)c3ccccc3)cc2)C[C@@H]1C. The van der Waals surface area contributed by atoms with Crippen molar-refractivity contribution in [2.75, 3.05) is 15.5 Å². The van der Waals surface area contributed by atoms with E-state index in [0.717, 1.165) is 29.0 Å². The molecule has 1 heterocycles. The molecule has 0 saturated heterocycles. The van der Waals surface area contributed by atoms with E-state index in [0.29, 0.717) is 12.0 Å². The van der Waals surface area contributed by atoms with Gasteiger partial charge in [0, 0.05) is 35.1 Å². The highest BCUT2D eigenvalue weighted by atomic mass is 16.2. The Kier molecular flexibility index (Phi) is 6.03. The molecule has 0 aromatic heterocycles. The maximum absolute atomic E-state index is 12.5. The number of hydrogen-bond acceptors (Lipinski definition) is 3. The zero-order chi connectivity index (χ0) is 21.8. The molecule has 2 N–H and O–H groups in total. The van der Waals surface area contributed by atoms with E-state index < -0.39 is 0 Å². The molecule has 0 radical (unpaired) electrons. The summed E-state index contributed by atoms with van der Waals surface area (Å²) in [6.07, 6.45) is 1.32. The van der Waals surface area contributed by atoms with Crippen LogP contribution in [0.4, 0.5) is 17.1 Å². The van der Waals surface area contributed by atoms with Crippen molar-refractivity contribution in [1.82, 2.24) is 0 Å². The third kappa shape index (κ3) is 4.45. The van der Waals surface area contributed by atoms with Crippen molar-refractivity contribution >= 4 is 28.9 Å². The summed E-state index contributed by atoms with van der Waals surface area (Å²) in [4.78, 5) is 26.8. The van der Waals surface area contributed by atoms with Crippen LogP contribution in [0.15, 0.2) is 78.9 Å². The summed E-state index contributed by atoms with van der Waals surface area (Å²) in [5.74, 6) is 0.0222. The summed E-state index contributed by atoms with van der Waals surface area (Å²) in [5.41, 5.74) is 4.46. The first-order chi connectivity index (χ1) is 15.1. The second-order valence-electron chi connectivity index (χ2n) is 7.86. The normalized spacial score (nSPS) is 17.5. The van der Waals surface area contributed by atoms with Crippen LogP contribution in [0.5, 0.6) is 0 Å². The van der Waals surface area contributed by atoms with E-state index in [-0.39, 0.29) is 23.9 Å². The minimum atomic E-state index is -0.128. The lowest BCUT2D eigenvalue weighted by molar-refractivity contribution is -0.118. The average molecular weight is 414 g/mol. The molecule has 2 atom stereocenters. The molecule has 31 heavy (non-hydrogen) atoms. The second kappa shape index (κ2) is 9.04. The predicted octanol–water partition coefficient (Wildman–Crippen LogP) is 5.63. The summed E-state index contributed by atoms with van der Waals surface area (Å²) in [6.45, 7) is 4.00. The van der Waals surface area contributed by atoms with Crippen LogP contribution in [0.3, 0.4) is 0 Å². The molecule has 0 saturated carbocycles. The molecule has 0 unspecified atom stereocenters. The number of para-hydroxylation sites is 1. The number of carbonyl (C=O) groups is 2. The number of fused-ring (bicyclic) bond motifs is 1. The van der Waals surface area contributed by atoms with Gasteiger partial charge < -0.3 is 15.5 Å². The quantitative estimate of drug-likeness (QED) is 0.570. The van der Waals surface area contributed by atoms with Gasteiger partial charge in [0.25, 0.3) is 5.91 Å². The van der Waals surface area contributed by atoms with Gasteiger partial charge in [-0.3, -0.25) is 9.59 Å². The van der Waals surface area contributed by atoms with Gasteiger partial charge in [0.15, 0.2) is 0 Å². The van der Waals surface area contributed by atoms with Gasteiger partial charge in [-0.1, -0.05) is 43.3 Å². The third-order valence-corrected chi connectivity index (χ3v) is 5.68. The van der Waals surface area contributed by atoms with Crippen molar-refractivity contribution in [3.63, 3.8) is 0 Å². The molecule has 158 valence electrons. The van der Waals surface area contributed by atoms with Crippen LogP contribution >= 0.6 is 0 Å². The molecule has 0 bridgehead atoms. The molecule has 1 aliphatic rings. The van der Waals surface area contributed by atoms with Gasteiger partial charge in [-0.15, -0.1) is 0 Å². The number of hydrogen-bond donors (Lipinski definition) is 2. The Hall–Kier alpha value is -3.60. The molecule has 3 aromatic carbocycles. The van der Waals surface area contributed by atoms with E-state index in [4.69, 9.17) is 0 Å². The zero-order valence-electron chi connectivity index (χ0n) is 17.8. The van der Waals surface area contributed by atoms with Crippen LogP contribution in [-0.4, -0.2) is 17.9 Å². The lowest BCUT2D eigenvalue weighted by Gasteiger charge is -2.40. The molecule has 4 rings (SSSR count). The molecule has 0 spiro atoms. The Morgan fingerprint density at radius 3 is 2.26 bits per heavy atom. The second-order valence-corrected chi connectivity index (χ2v) is 7.86. The van der Waals surface area contributed by atoms with Gasteiger partial charge in [-0.25, -0.2) is 0 Å². The van der Waals surface area contributed by atoms with Crippen LogP contribution in [0.2, 0.25) is 0 Å². The Balaban J connectivity index is 1.49. The van der Waals surface area contributed by atoms with Crippen molar-refractivity contribution in [3.05, 3.63) is 90.0 Å². The standard InChI is InChI=1S/C26H27N3O2/c1-3-25(30)29-18(2)17-23(22-11-7-8-12-24(22)29)27-20-13-15-21(16-14-20)28-26(31)19-9-5-4-6-10-19/h4-16,18,23,27H,3,17H2,1-2H3,(H,28,31)/t18-,23+/m0/s1. The first-order valence-corrected chi connectivity index (χ1v) is 10.7. The lowest BCUT2D eigenvalue weighted by Crippen LogP contribution is -2.44. The number of amides is 2. The number of nitrogens with zero attached hydrogens (tertiary/aromatic N) is 1. The first kappa shape index (κ1) is 20.7. The van der Waals surface area contributed by atoms with Gasteiger partial charge in [-0.2, -0.15) is 0 Å². The number of carbonyl (C=O) groups excluding carboxylic acids is 2. The fraction of sp³-hybridized carbons (Fsp3) is 0.231. The highest BCUT2D eigenvalue weighted by molar-refractivity contribution is 6.04. The minimum Gasteiger partial charge on any atom is -0.378 e. The van der Waals surface area contributed by atoms with E-state index in [1.54, 1.807) is 12.1 Å². The van der Waals surface area contributed by atoms with E-state index in [1.165, 1.54) is 0 Å². The number of nitrogens with one attached hydrogen (secondary N) is 2. The van der Waals surface area contributed by atoms with Gasteiger partial charge in [0.2, 0.25) is 5.91 Å². The molecule has 2 amide bonds. The topological polar surface area (TPSA) is 61.4 Å². The van der Waals surface area contributed by atoms with Crippen LogP contribution in [-0.2, 0) is 4.79 Å². The lowest BCUT2D eigenvalue weighted by atomic mass is 9.91. The maximum Gasteiger partial charge on any atom is 0.255 e. The summed E-state index contributed by atoms with van der Waals surface area (Å²) < 4.78 is 0. The van der Waals surface area contributed by atoms with E-state index >= 15 is 0 Å². The molecule has 5 nitrogen and oxygen atoms in total. The van der Waals surface area contributed by atoms with Crippen molar-refractivity contribution in [3.8, 4) is 0 Å². The highest BCUT2D eigenvalue weighted by Crippen LogP contribution is 2.39. The Bertz CT molecular complexity index is 1060. The van der Waals surface area contributed by atoms with Gasteiger partial charge >= 0.3 is 0 Å². The van der Waals surface area contributed by atoms with E-state index in [9.17, 15) is 9.59 Å². The highest BCUT2D eigenvalue weighted by Gasteiger charge is 2.32. The van der Waals surface area contributed by atoms with E-state index in [1.807, 2.05) is 72.5 Å². The molecule has 3 aromatic rings. The Morgan fingerprint density at radius 1 is 0.903 bits per heavy atom. The largest absolute Gasteiger partial charge is 0.378 e. The van der Waals surface area contributed by atoms with E-state index in [2.05, 4.69) is 23.6 Å². The zero-order valence-corrected chi connectivity index (χ0v) is 17.8. The number of rotatable bonds is 5. The Morgan fingerprint density at radius 2 is 1.55 bits per heavy atom. The van der Waals surface area contributed by atoms with Crippen LogP contribution in [0, 0.1) is 0 Å². The van der Waals surface area contributed by atoms with Gasteiger partial charge in [0.05, 0.1) is 6.04 Å². The van der Waals surface area contributed by atoms with Crippen molar-refractivity contribution in [1.29, 1.82) is 0 Å². The minimum absolute atomic E-state index is 0.108. The molecule has 0 aliphatic carbocycles. The number of benzene rings is 3. The Labute approximate surface area is 183 Å². The summed E-state index contributed by atoms with van der Waals surface area (Å²) >= 11 is 0. The fourth-order valence-electron chi connectivity index (χ4n) is 4.14. The predicted molar refractivity (Wildman–Crippen MR) is 125 cm³/mol. The monoisotopic (exact) mass is 413 g/mol. The van der Waals surface area contributed by atoms with Gasteiger partial charge in [-0.05, 0) is 61.4 Å². The maximum atomic E-state index is 12.5. The van der Waals surface area contributed by atoms with Crippen LogP contribution in [0.1, 0.15) is 48.7 Å². The molecular formula is C26H27N3O2. The first-order valence-electron chi connectivity index (χ1n) is 10.7. The van der Waals surface area contributed by atoms with Crippen LogP contribution < -0.4 is 15.5 Å². The van der Waals surface area contributed by atoms with Crippen LogP contribution in [0.25, 0.3) is 0 Å². The molecular weight excluding hydrogens is 386 g/mol. The summed E-state index contributed by atoms with van der Waals surface area (Å²) in [5, 5.41) is 6.53.